The van der Waals surface area contributed by atoms with Gasteiger partial charge in [-0.05, 0) is 18.6 Å². The molecule has 0 radical (unpaired) electrons. The number of methoxy groups -OCH3 is 1. The number of pyridine rings is 1. The van der Waals surface area contributed by atoms with Crippen molar-refractivity contribution < 1.29 is 19.4 Å². The van der Waals surface area contributed by atoms with E-state index in [0.29, 0.717) is 5.69 Å². The van der Waals surface area contributed by atoms with Gasteiger partial charge in [0, 0.05) is 17.8 Å². The van der Waals surface area contributed by atoms with Gasteiger partial charge in [-0.1, -0.05) is 6.07 Å². The number of aliphatic carboxylic acids is 1. The molecule has 92 valence electrons. The first-order chi connectivity index (χ1) is 8.02. The fourth-order valence-corrected chi connectivity index (χ4v) is 1.50. The first-order valence-electron chi connectivity index (χ1n) is 5.24. The second-order valence-electron chi connectivity index (χ2n) is 3.84. The second-order valence-corrected chi connectivity index (χ2v) is 3.84. The van der Waals surface area contributed by atoms with Crippen molar-refractivity contribution in [3.05, 3.63) is 29.6 Å². The molecule has 0 aliphatic carbocycles. The van der Waals surface area contributed by atoms with Crippen molar-refractivity contribution in [2.45, 2.75) is 25.7 Å². The molecule has 0 saturated heterocycles. The molecule has 0 aliphatic rings. The summed E-state index contributed by atoms with van der Waals surface area (Å²) in [6.07, 6.45) is 1.55. The number of aromatic nitrogens is 1. The Bertz CT molecular complexity index is 399. The molecule has 0 saturated carbocycles. The van der Waals surface area contributed by atoms with Crippen LogP contribution in [0.2, 0.25) is 0 Å². The highest BCUT2D eigenvalue weighted by Gasteiger charge is 2.20. The average molecular weight is 237 g/mol. The van der Waals surface area contributed by atoms with Gasteiger partial charge in [0.2, 0.25) is 0 Å². The van der Waals surface area contributed by atoms with Gasteiger partial charge in [0.15, 0.2) is 0 Å². The fourth-order valence-electron chi connectivity index (χ4n) is 1.50. The third kappa shape index (κ3) is 4.22. The maximum atomic E-state index is 11.2. The van der Waals surface area contributed by atoms with Crippen LogP contribution in [-0.4, -0.2) is 29.1 Å². The minimum atomic E-state index is -0.957. The number of carbonyl (C=O) groups is 2. The molecule has 0 bridgehead atoms. The average Bonchev–Trinajstić information content (AvgIpc) is 2.28. The number of nitrogens with zero attached hydrogens (tertiary/aromatic N) is 1. The molecule has 0 fully saturated rings. The van der Waals surface area contributed by atoms with Gasteiger partial charge in [0.1, 0.15) is 0 Å². The molecule has 1 unspecified atom stereocenters. The number of hydrogen-bond donors (Lipinski definition) is 1. The molecule has 1 aromatic rings. The number of rotatable bonds is 5. The van der Waals surface area contributed by atoms with E-state index >= 15 is 0 Å². The molecule has 1 aromatic heterocycles. The van der Waals surface area contributed by atoms with Crippen LogP contribution in [0.4, 0.5) is 0 Å². The summed E-state index contributed by atoms with van der Waals surface area (Å²) in [4.78, 5) is 26.1. The summed E-state index contributed by atoms with van der Waals surface area (Å²) < 4.78 is 4.55. The highest BCUT2D eigenvalue weighted by molar-refractivity contribution is 5.73. The summed E-state index contributed by atoms with van der Waals surface area (Å²) >= 11 is 0. The van der Waals surface area contributed by atoms with E-state index in [1.807, 2.05) is 13.0 Å². The molecule has 1 atom stereocenters. The van der Waals surface area contributed by atoms with Gasteiger partial charge in [-0.15, -0.1) is 0 Å². The predicted molar refractivity (Wildman–Crippen MR) is 60.6 cm³/mol. The molecule has 0 spiro atoms. The molecule has 1 rings (SSSR count). The van der Waals surface area contributed by atoms with E-state index in [9.17, 15) is 9.59 Å². The maximum Gasteiger partial charge on any atom is 0.306 e. The van der Waals surface area contributed by atoms with Gasteiger partial charge < -0.3 is 9.84 Å². The number of carboxylic acid groups (broad SMARTS) is 1. The zero-order chi connectivity index (χ0) is 12.8. The molecule has 0 amide bonds. The lowest BCUT2D eigenvalue weighted by molar-refractivity contribution is -0.141. The van der Waals surface area contributed by atoms with Crippen molar-refractivity contribution in [2.24, 2.45) is 0 Å². The smallest absolute Gasteiger partial charge is 0.306 e. The molecule has 1 heterocycles. The van der Waals surface area contributed by atoms with Crippen molar-refractivity contribution in [1.82, 2.24) is 4.98 Å². The Morgan fingerprint density at radius 1 is 1.41 bits per heavy atom. The van der Waals surface area contributed by atoms with Crippen molar-refractivity contribution in [2.75, 3.05) is 7.11 Å². The van der Waals surface area contributed by atoms with Crippen molar-refractivity contribution in [3.8, 4) is 0 Å². The van der Waals surface area contributed by atoms with Crippen LogP contribution in [0.25, 0.3) is 0 Å². The largest absolute Gasteiger partial charge is 0.481 e. The summed E-state index contributed by atoms with van der Waals surface area (Å²) in [6, 6.07) is 3.58. The Morgan fingerprint density at radius 2 is 2.12 bits per heavy atom. The maximum absolute atomic E-state index is 11.2. The predicted octanol–water partition coefficient (Wildman–Crippen LogP) is 1.51. The SMILES string of the molecule is COC(=O)CC(CC(=O)O)c1ccc(C)cn1. The van der Waals surface area contributed by atoms with E-state index in [0.717, 1.165) is 5.56 Å². The highest BCUT2D eigenvalue weighted by Crippen LogP contribution is 2.22. The van der Waals surface area contributed by atoms with Crippen LogP contribution >= 0.6 is 0 Å². The van der Waals surface area contributed by atoms with Crippen LogP contribution in [0.15, 0.2) is 18.3 Å². The normalized spacial score (nSPS) is 11.9. The van der Waals surface area contributed by atoms with Crippen LogP contribution in [0.1, 0.15) is 30.0 Å². The van der Waals surface area contributed by atoms with E-state index < -0.39 is 17.9 Å². The summed E-state index contributed by atoms with van der Waals surface area (Å²) in [7, 11) is 1.28. The van der Waals surface area contributed by atoms with Crippen LogP contribution < -0.4 is 0 Å². The molecule has 17 heavy (non-hydrogen) atoms. The third-order valence-corrected chi connectivity index (χ3v) is 2.41. The Labute approximate surface area is 99.4 Å². The van der Waals surface area contributed by atoms with Gasteiger partial charge in [0.25, 0.3) is 0 Å². The first-order valence-corrected chi connectivity index (χ1v) is 5.24. The number of esters is 1. The van der Waals surface area contributed by atoms with E-state index in [-0.39, 0.29) is 12.8 Å². The standard InChI is InChI=1S/C12H15NO4/c1-8-3-4-10(13-7-8)9(5-11(14)15)6-12(16)17-2/h3-4,7,9H,5-6H2,1-2H3,(H,14,15). The molecule has 0 aliphatic heterocycles. The topological polar surface area (TPSA) is 76.5 Å². The number of hydrogen-bond acceptors (Lipinski definition) is 4. The Balaban J connectivity index is 2.85. The Hall–Kier alpha value is -1.91. The minimum Gasteiger partial charge on any atom is -0.481 e. The lowest BCUT2D eigenvalue weighted by atomic mass is 9.96. The van der Waals surface area contributed by atoms with Crippen LogP contribution in [0.5, 0.6) is 0 Å². The van der Waals surface area contributed by atoms with Gasteiger partial charge in [-0.3, -0.25) is 14.6 Å². The highest BCUT2D eigenvalue weighted by atomic mass is 16.5. The monoisotopic (exact) mass is 237 g/mol. The molecule has 5 nitrogen and oxygen atoms in total. The molecule has 0 aromatic carbocycles. The molecular weight excluding hydrogens is 222 g/mol. The van der Waals surface area contributed by atoms with Crippen molar-refractivity contribution in [3.63, 3.8) is 0 Å². The van der Waals surface area contributed by atoms with Crippen LogP contribution in [0.3, 0.4) is 0 Å². The zero-order valence-corrected chi connectivity index (χ0v) is 9.84. The summed E-state index contributed by atoms with van der Waals surface area (Å²) in [5, 5.41) is 8.81. The second kappa shape index (κ2) is 5.98. The van der Waals surface area contributed by atoms with Gasteiger partial charge >= 0.3 is 11.9 Å². The van der Waals surface area contributed by atoms with Crippen molar-refractivity contribution >= 4 is 11.9 Å². The summed E-state index contributed by atoms with van der Waals surface area (Å²) in [5.41, 5.74) is 1.59. The quantitative estimate of drug-likeness (QED) is 0.785. The minimum absolute atomic E-state index is 0.0266. The lowest BCUT2D eigenvalue weighted by Gasteiger charge is -2.12. The van der Waals surface area contributed by atoms with Crippen LogP contribution in [0, 0.1) is 6.92 Å². The van der Waals surface area contributed by atoms with Gasteiger partial charge in [-0.25, -0.2) is 0 Å². The Kier molecular flexibility index (Phi) is 4.63. The lowest BCUT2D eigenvalue weighted by Crippen LogP contribution is -2.13. The number of carboxylic acids is 1. The summed E-state index contributed by atoms with van der Waals surface area (Å²) in [5.74, 6) is -1.83. The van der Waals surface area contributed by atoms with Crippen molar-refractivity contribution in [1.29, 1.82) is 0 Å². The Morgan fingerprint density at radius 3 is 2.59 bits per heavy atom. The third-order valence-electron chi connectivity index (χ3n) is 2.41. The number of carbonyl (C=O) groups excluding carboxylic acids is 1. The van der Waals surface area contributed by atoms with Gasteiger partial charge in [0.05, 0.1) is 20.0 Å². The number of ether oxygens (including phenoxy) is 1. The zero-order valence-electron chi connectivity index (χ0n) is 9.84. The first kappa shape index (κ1) is 13.2. The van der Waals surface area contributed by atoms with Gasteiger partial charge in [-0.2, -0.15) is 0 Å². The molecule has 5 heteroatoms. The van der Waals surface area contributed by atoms with E-state index in [4.69, 9.17) is 5.11 Å². The fraction of sp³-hybridized carbons (Fsp3) is 0.417. The van der Waals surface area contributed by atoms with E-state index in [2.05, 4.69) is 9.72 Å². The number of aryl methyl sites for hydroxylation is 1. The molecule has 1 N–H and O–H groups in total. The van der Waals surface area contributed by atoms with Crippen LogP contribution in [-0.2, 0) is 14.3 Å². The van der Waals surface area contributed by atoms with E-state index in [1.54, 1.807) is 12.3 Å². The molecular formula is C12H15NO4. The summed E-state index contributed by atoms with van der Waals surface area (Å²) in [6.45, 7) is 1.89. The van der Waals surface area contributed by atoms with E-state index in [1.165, 1.54) is 7.11 Å².